The van der Waals surface area contributed by atoms with Crippen LogP contribution in [0.2, 0.25) is 5.02 Å². The van der Waals surface area contributed by atoms with Gasteiger partial charge in [-0.1, -0.05) is 29.8 Å². The van der Waals surface area contributed by atoms with Crippen LogP contribution in [0.25, 0.3) is 6.08 Å². The fourth-order valence-electron chi connectivity index (χ4n) is 1.51. The molecule has 6 heteroatoms. The Balaban J connectivity index is 2.13. The molecule has 0 unspecified atom stereocenters. The SMILES string of the molecule is O=S(=O)(C=Cc1ccc(Cl)cc1)Nc1cccc(O)c1. The van der Waals surface area contributed by atoms with Crippen molar-refractivity contribution in [2.75, 3.05) is 4.72 Å². The van der Waals surface area contributed by atoms with E-state index < -0.39 is 10.0 Å². The van der Waals surface area contributed by atoms with E-state index >= 15 is 0 Å². The molecule has 0 aliphatic rings. The number of phenolic OH excluding ortho intramolecular Hbond substituents is 1. The first-order valence-electron chi connectivity index (χ1n) is 5.70. The molecule has 0 atom stereocenters. The van der Waals surface area contributed by atoms with Gasteiger partial charge < -0.3 is 5.11 Å². The van der Waals surface area contributed by atoms with Crippen molar-refractivity contribution in [2.24, 2.45) is 0 Å². The molecule has 2 rings (SSSR count). The molecule has 0 bridgehead atoms. The number of rotatable bonds is 4. The zero-order chi connectivity index (χ0) is 14.6. The summed E-state index contributed by atoms with van der Waals surface area (Å²) in [5.74, 6) is -0.00752. The molecule has 0 saturated carbocycles. The van der Waals surface area contributed by atoms with Gasteiger partial charge in [-0.3, -0.25) is 4.72 Å². The molecular weight excluding hydrogens is 298 g/mol. The Morgan fingerprint density at radius 3 is 2.45 bits per heavy atom. The van der Waals surface area contributed by atoms with Crippen LogP contribution in [0.15, 0.2) is 53.9 Å². The molecule has 0 amide bonds. The number of anilines is 1. The van der Waals surface area contributed by atoms with Crippen LogP contribution < -0.4 is 4.72 Å². The minimum atomic E-state index is -3.63. The van der Waals surface area contributed by atoms with Crippen LogP contribution >= 0.6 is 11.6 Å². The number of sulfonamides is 1. The third-order valence-corrected chi connectivity index (χ3v) is 3.68. The van der Waals surface area contributed by atoms with Crippen LogP contribution in [0.3, 0.4) is 0 Å². The highest BCUT2D eigenvalue weighted by atomic mass is 35.5. The maximum atomic E-state index is 11.8. The van der Waals surface area contributed by atoms with Gasteiger partial charge in [-0.15, -0.1) is 0 Å². The first-order chi connectivity index (χ1) is 9.44. The lowest BCUT2D eigenvalue weighted by Gasteiger charge is -2.04. The summed E-state index contributed by atoms with van der Waals surface area (Å²) in [7, 11) is -3.63. The molecule has 2 aromatic carbocycles. The van der Waals surface area contributed by atoms with E-state index in [0.29, 0.717) is 10.7 Å². The van der Waals surface area contributed by atoms with Gasteiger partial charge in [-0.2, -0.15) is 0 Å². The topological polar surface area (TPSA) is 66.4 Å². The van der Waals surface area contributed by atoms with Gasteiger partial charge in [0.05, 0.1) is 11.1 Å². The van der Waals surface area contributed by atoms with Gasteiger partial charge in [0.25, 0.3) is 10.0 Å². The Morgan fingerprint density at radius 2 is 1.80 bits per heavy atom. The number of halogens is 1. The summed E-state index contributed by atoms with van der Waals surface area (Å²) in [5.41, 5.74) is 1.02. The second kappa shape index (κ2) is 5.98. The maximum absolute atomic E-state index is 11.8. The Hall–Kier alpha value is -1.98. The Bertz CT molecular complexity index is 724. The van der Waals surface area contributed by atoms with Gasteiger partial charge in [-0.05, 0) is 35.9 Å². The van der Waals surface area contributed by atoms with E-state index in [1.165, 1.54) is 18.2 Å². The van der Waals surface area contributed by atoms with E-state index in [1.54, 1.807) is 36.4 Å². The summed E-state index contributed by atoms with van der Waals surface area (Å²) >= 11 is 5.75. The standard InChI is InChI=1S/C14H12ClNO3S/c15-12-6-4-11(5-7-12)8-9-20(18,19)16-13-2-1-3-14(17)10-13/h1-10,16-17H. The van der Waals surface area contributed by atoms with E-state index in [4.69, 9.17) is 11.6 Å². The first-order valence-corrected chi connectivity index (χ1v) is 7.62. The van der Waals surface area contributed by atoms with Gasteiger partial charge in [0.15, 0.2) is 0 Å². The summed E-state index contributed by atoms with van der Waals surface area (Å²) in [5, 5.41) is 10.9. The Kier molecular flexibility index (Phi) is 4.32. The third-order valence-electron chi connectivity index (χ3n) is 2.42. The molecule has 0 fully saturated rings. The zero-order valence-corrected chi connectivity index (χ0v) is 11.9. The Morgan fingerprint density at radius 1 is 1.10 bits per heavy atom. The largest absolute Gasteiger partial charge is 0.508 e. The normalized spacial score (nSPS) is 11.7. The van der Waals surface area contributed by atoms with E-state index in [1.807, 2.05) is 0 Å². The molecule has 2 N–H and O–H groups in total. The smallest absolute Gasteiger partial charge is 0.255 e. The highest BCUT2D eigenvalue weighted by Crippen LogP contribution is 2.17. The monoisotopic (exact) mass is 309 g/mol. The first kappa shape index (κ1) is 14.4. The van der Waals surface area contributed by atoms with Crippen molar-refractivity contribution < 1.29 is 13.5 Å². The molecule has 0 aliphatic carbocycles. The Labute approximate surface area is 122 Å². The predicted molar refractivity (Wildman–Crippen MR) is 81.1 cm³/mol. The average molecular weight is 310 g/mol. The van der Waals surface area contributed by atoms with Gasteiger partial charge in [0, 0.05) is 11.1 Å². The molecular formula is C14H12ClNO3S. The van der Waals surface area contributed by atoms with Crippen LogP contribution in [0, 0.1) is 0 Å². The van der Waals surface area contributed by atoms with Crippen molar-refractivity contribution in [3.05, 3.63) is 64.5 Å². The van der Waals surface area contributed by atoms with E-state index in [-0.39, 0.29) is 5.75 Å². The van der Waals surface area contributed by atoms with Crippen molar-refractivity contribution in [3.63, 3.8) is 0 Å². The minimum absolute atomic E-state index is 0.00752. The van der Waals surface area contributed by atoms with Crippen LogP contribution in [0.5, 0.6) is 5.75 Å². The van der Waals surface area contributed by atoms with Gasteiger partial charge in [0.2, 0.25) is 0 Å². The minimum Gasteiger partial charge on any atom is -0.508 e. The highest BCUT2D eigenvalue weighted by molar-refractivity contribution is 7.95. The number of benzene rings is 2. The van der Waals surface area contributed by atoms with Crippen LogP contribution in [0.1, 0.15) is 5.56 Å². The van der Waals surface area contributed by atoms with Crippen molar-refractivity contribution in [1.82, 2.24) is 0 Å². The molecule has 0 radical (unpaired) electrons. The lowest BCUT2D eigenvalue weighted by atomic mass is 10.2. The number of phenols is 1. The molecule has 0 spiro atoms. The van der Waals surface area contributed by atoms with E-state index in [0.717, 1.165) is 11.0 Å². The van der Waals surface area contributed by atoms with E-state index in [2.05, 4.69) is 4.72 Å². The summed E-state index contributed by atoms with van der Waals surface area (Å²) in [6.45, 7) is 0. The summed E-state index contributed by atoms with van der Waals surface area (Å²) in [4.78, 5) is 0. The number of aromatic hydroxyl groups is 1. The molecule has 0 saturated heterocycles. The lowest BCUT2D eigenvalue weighted by molar-refractivity contribution is 0.475. The number of nitrogens with one attached hydrogen (secondary N) is 1. The summed E-state index contributed by atoms with van der Waals surface area (Å²) in [6.07, 6.45) is 1.46. The average Bonchev–Trinajstić information content (AvgIpc) is 2.37. The van der Waals surface area contributed by atoms with Gasteiger partial charge in [-0.25, -0.2) is 8.42 Å². The molecule has 20 heavy (non-hydrogen) atoms. The summed E-state index contributed by atoms with van der Waals surface area (Å²) in [6, 6.07) is 12.7. The molecule has 0 aliphatic heterocycles. The van der Waals surface area contributed by atoms with Crippen molar-refractivity contribution in [1.29, 1.82) is 0 Å². The fourth-order valence-corrected chi connectivity index (χ4v) is 2.50. The maximum Gasteiger partial charge on any atom is 0.255 e. The van der Waals surface area contributed by atoms with Gasteiger partial charge in [0.1, 0.15) is 5.75 Å². The molecule has 2 aromatic rings. The third kappa shape index (κ3) is 4.29. The predicted octanol–water partition coefficient (Wildman–Crippen LogP) is 3.46. The lowest BCUT2D eigenvalue weighted by Crippen LogP contribution is -2.08. The zero-order valence-electron chi connectivity index (χ0n) is 10.3. The van der Waals surface area contributed by atoms with Crippen molar-refractivity contribution >= 4 is 33.4 Å². The van der Waals surface area contributed by atoms with Crippen LogP contribution in [-0.2, 0) is 10.0 Å². The second-order valence-corrected chi connectivity index (χ2v) is 6.05. The van der Waals surface area contributed by atoms with Crippen molar-refractivity contribution in [2.45, 2.75) is 0 Å². The van der Waals surface area contributed by atoms with Crippen molar-refractivity contribution in [3.8, 4) is 5.75 Å². The number of hydrogen-bond donors (Lipinski definition) is 2. The molecule has 4 nitrogen and oxygen atoms in total. The quantitative estimate of drug-likeness (QED) is 0.909. The number of hydrogen-bond acceptors (Lipinski definition) is 3. The summed E-state index contributed by atoms with van der Waals surface area (Å²) < 4.78 is 26.0. The van der Waals surface area contributed by atoms with Gasteiger partial charge >= 0.3 is 0 Å². The molecule has 104 valence electrons. The van der Waals surface area contributed by atoms with E-state index in [9.17, 15) is 13.5 Å². The fraction of sp³-hybridized carbons (Fsp3) is 0. The van der Waals surface area contributed by atoms with Crippen LogP contribution in [0.4, 0.5) is 5.69 Å². The highest BCUT2D eigenvalue weighted by Gasteiger charge is 2.05. The molecule has 0 heterocycles. The second-order valence-electron chi connectivity index (χ2n) is 4.05. The van der Waals surface area contributed by atoms with Crippen LogP contribution in [-0.4, -0.2) is 13.5 Å². The molecule has 0 aromatic heterocycles.